The highest BCUT2D eigenvalue weighted by molar-refractivity contribution is 5.68. The van der Waals surface area contributed by atoms with Crippen LogP contribution in [-0.2, 0) is 4.74 Å². The lowest BCUT2D eigenvalue weighted by Gasteiger charge is -2.41. The normalized spacial score (nSPS) is 27.6. The molecule has 1 unspecified atom stereocenters. The number of hydrogen-bond donors (Lipinski definition) is 1. The number of amides is 1. The van der Waals surface area contributed by atoms with Crippen LogP contribution in [0.4, 0.5) is 4.79 Å². The Hall–Kier alpha value is -0.770. The average molecular weight is 255 g/mol. The molecule has 4 nitrogen and oxygen atoms in total. The second-order valence-corrected chi connectivity index (χ2v) is 6.74. The summed E-state index contributed by atoms with van der Waals surface area (Å²) in [5.74, 6) is 0. The van der Waals surface area contributed by atoms with Gasteiger partial charge in [-0.05, 0) is 51.9 Å². The van der Waals surface area contributed by atoms with Gasteiger partial charge in [0.2, 0.25) is 0 Å². The van der Waals surface area contributed by atoms with E-state index in [-0.39, 0.29) is 17.6 Å². The molecule has 1 aliphatic carbocycles. The summed E-state index contributed by atoms with van der Waals surface area (Å²) in [6.07, 6.45) is 4.58. The Morgan fingerprint density at radius 3 is 2.33 bits per heavy atom. The van der Waals surface area contributed by atoms with Gasteiger partial charge in [-0.2, -0.15) is 0 Å². The van der Waals surface area contributed by atoms with Crippen LogP contribution in [0.25, 0.3) is 0 Å². The summed E-state index contributed by atoms with van der Waals surface area (Å²) in [6.45, 7) is 7.09. The number of carbonyl (C=O) groups excluding carboxylic acids is 1. The molecular formula is C14H25NO3. The van der Waals surface area contributed by atoms with Crippen LogP contribution in [0.2, 0.25) is 0 Å². The molecule has 4 heteroatoms. The highest BCUT2D eigenvalue weighted by Crippen LogP contribution is 2.46. The number of aliphatic hydroxyl groups excluding tert-OH is 1. The molecule has 1 saturated heterocycles. The number of nitrogens with zero attached hydrogens (tertiary/aromatic N) is 1. The first-order valence-corrected chi connectivity index (χ1v) is 6.98. The van der Waals surface area contributed by atoms with Crippen molar-refractivity contribution in [3.63, 3.8) is 0 Å². The van der Waals surface area contributed by atoms with Crippen LogP contribution in [0.1, 0.15) is 52.9 Å². The van der Waals surface area contributed by atoms with E-state index in [0.29, 0.717) is 13.1 Å². The van der Waals surface area contributed by atoms with E-state index in [1.165, 1.54) is 0 Å². The molecule has 0 aromatic carbocycles. The zero-order valence-electron chi connectivity index (χ0n) is 11.7. The fourth-order valence-electron chi connectivity index (χ4n) is 3.16. The van der Waals surface area contributed by atoms with Crippen molar-refractivity contribution in [2.45, 2.75) is 64.6 Å². The lowest BCUT2D eigenvalue weighted by atomic mass is 9.75. The van der Waals surface area contributed by atoms with Gasteiger partial charge in [-0.15, -0.1) is 0 Å². The molecule has 1 spiro atoms. The molecule has 1 atom stereocenters. The highest BCUT2D eigenvalue weighted by atomic mass is 16.6. The number of hydrogen-bond acceptors (Lipinski definition) is 3. The Morgan fingerprint density at radius 1 is 1.28 bits per heavy atom. The van der Waals surface area contributed by atoms with Gasteiger partial charge >= 0.3 is 6.09 Å². The van der Waals surface area contributed by atoms with Gasteiger partial charge in [0.1, 0.15) is 5.60 Å². The van der Waals surface area contributed by atoms with Crippen molar-refractivity contribution in [1.82, 2.24) is 4.90 Å². The number of carbonyl (C=O) groups is 1. The van der Waals surface area contributed by atoms with Gasteiger partial charge in [-0.3, -0.25) is 0 Å². The van der Waals surface area contributed by atoms with Crippen molar-refractivity contribution in [2.75, 3.05) is 13.1 Å². The molecule has 2 rings (SSSR count). The summed E-state index contributed by atoms with van der Waals surface area (Å²) in [6, 6.07) is 0. The van der Waals surface area contributed by atoms with Crippen LogP contribution in [0.3, 0.4) is 0 Å². The summed E-state index contributed by atoms with van der Waals surface area (Å²) >= 11 is 0. The Labute approximate surface area is 109 Å². The Morgan fingerprint density at radius 2 is 1.89 bits per heavy atom. The zero-order valence-corrected chi connectivity index (χ0v) is 11.7. The van der Waals surface area contributed by atoms with Gasteiger partial charge in [0.25, 0.3) is 0 Å². The zero-order chi connectivity index (χ0) is 13.4. The van der Waals surface area contributed by atoms with Crippen LogP contribution in [0.5, 0.6) is 0 Å². The summed E-state index contributed by atoms with van der Waals surface area (Å²) in [7, 11) is 0. The quantitative estimate of drug-likeness (QED) is 0.723. The van der Waals surface area contributed by atoms with Gasteiger partial charge in [0.15, 0.2) is 0 Å². The number of rotatable bonds is 0. The van der Waals surface area contributed by atoms with E-state index in [1.54, 1.807) is 4.90 Å². The predicted molar refractivity (Wildman–Crippen MR) is 69.3 cm³/mol. The summed E-state index contributed by atoms with van der Waals surface area (Å²) < 4.78 is 5.38. The average Bonchev–Trinajstić information content (AvgIpc) is 2.59. The predicted octanol–water partition coefficient (Wildman–Crippen LogP) is 2.55. The number of piperidine rings is 1. The molecule has 1 N–H and O–H groups in total. The van der Waals surface area contributed by atoms with Gasteiger partial charge in [0.05, 0.1) is 6.10 Å². The SMILES string of the molecule is CC(C)(C)OC(=O)N1CCC2(CCCC2O)CC1. The van der Waals surface area contributed by atoms with Crippen molar-refractivity contribution >= 4 is 6.09 Å². The van der Waals surface area contributed by atoms with Gasteiger partial charge < -0.3 is 14.7 Å². The van der Waals surface area contributed by atoms with Crippen molar-refractivity contribution in [3.05, 3.63) is 0 Å². The number of likely N-dealkylation sites (tertiary alicyclic amines) is 1. The molecule has 1 saturated carbocycles. The molecular weight excluding hydrogens is 230 g/mol. The second-order valence-electron chi connectivity index (χ2n) is 6.74. The largest absolute Gasteiger partial charge is 0.444 e. The van der Waals surface area contributed by atoms with Gasteiger partial charge in [-0.1, -0.05) is 6.42 Å². The highest BCUT2D eigenvalue weighted by Gasteiger charge is 2.44. The number of ether oxygens (including phenoxy) is 1. The fraction of sp³-hybridized carbons (Fsp3) is 0.929. The monoisotopic (exact) mass is 255 g/mol. The van der Waals surface area contributed by atoms with Crippen LogP contribution < -0.4 is 0 Å². The van der Waals surface area contributed by atoms with E-state index in [2.05, 4.69) is 0 Å². The minimum absolute atomic E-state index is 0.0819. The van der Waals surface area contributed by atoms with Gasteiger partial charge in [-0.25, -0.2) is 4.79 Å². The third-order valence-electron chi connectivity index (χ3n) is 4.27. The van der Waals surface area contributed by atoms with E-state index in [0.717, 1.165) is 32.1 Å². The third-order valence-corrected chi connectivity index (χ3v) is 4.27. The number of aliphatic hydroxyl groups is 1. The minimum Gasteiger partial charge on any atom is -0.444 e. The maximum atomic E-state index is 11.9. The van der Waals surface area contributed by atoms with Crippen LogP contribution >= 0.6 is 0 Å². The lowest BCUT2D eigenvalue weighted by molar-refractivity contribution is -0.0181. The maximum absolute atomic E-state index is 11.9. The van der Waals surface area contributed by atoms with E-state index in [4.69, 9.17) is 4.74 Å². The lowest BCUT2D eigenvalue weighted by Crippen LogP contribution is -2.47. The summed E-state index contributed by atoms with van der Waals surface area (Å²) in [4.78, 5) is 13.7. The Kier molecular flexibility index (Phi) is 3.58. The topological polar surface area (TPSA) is 49.8 Å². The van der Waals surface area contributed by atoms with Crippen LogP contribution in [0.15, 0.2) is 0 Å². The summed E-state index contributed by atoms with van der Waals surface area (Å²) in [5.41, 5.74) is -0.350. The first-order valence-electron chi connectivity index (χ1n) is 6.98. The van der Waals surface area contributed by atoms with E-state index >= 15 is 0 Å². The van der Waals surface area contributed by atoms with Crippen molar-refractivity contribution in [2.24, 2.45) is 5.41 Å². The van der Waals surface area contributed by atoms with Crippen molar-refractivity contribution in [1.29, 1.82) is 0 Å². The van der Waals surface area contributed by atoms with E-state index in [9.17, 15) is 9.90 Å². The Balaban J connectivity index is 1.89. The molecule has 0 aromatic heterocycles. The summed E-state index contributed by atoms with van der Waals surface area (Å²) in [5, 5.41) is 10.1. The first-order chi connectivity index (χ1) is 8.32. The van der Waals surface area contributed by atoms with E-state index in [1.807, 2.05) is 20.8 Å². The third kappa shape index (κ3) is 2.79. The van der Waals surface area contributed by atoms with Crippen molar-refractivity contribution < 1.29 is 14.6 Å². The molecule has 2 fully saturated rings. The molecule has 104 valence electrons. The van der Waals surface area contributed by atoms with Crippen molar-refractivity contribution in [3.8, 4) is 0 Å². The fourth-order valence-corrected chi connectivity index (χ4v) is 3.16. The molecule has 2 aliphatic rings. The molecule has 0 bridgehead atoms. The smallest absolute Gasteiger partial charge is 0.410 e. The van der Waals surface area contributed by atoms with Gasteiger partial charge in [0, 0.05) is 13.1 Å². The Bertz CT molecular complexity index is 313. The van der Waals surface area contributed by atoms with Crippen LogP contribution in [-0.4, -0.2) is 40.9 Å². The second kappa shape index (κ2) is 4.72. The molecule has 18 heavy (non-hydrogen) atoms. The standard InChI is InChI=1S/C14H25NO3/c1-13(2,3)18-12(17)15-9-7-14(8-10-15)6-4-5-11(14)16/h11,16H,4-10H2,1-3H3. The molecule has 0 radical (unpaired) electrons. The molecule has 0 aromatic rings. The minimum atomic E-state index is -0.431. The maximum Gasteiger partial charge on any atom is 0.410 e. The molecule has 1 amide bonds. The molecule has 1 heterocycles. The molecule has 1 aliphatic heterocycles. The van der Waals surface area contributed by atoms with Crippen LogP contribution in [0, 0.1) is 5.41 Å². The van der Waals surface area contributed by atoms with E-state index < -0.39 is 5.60 Å². The first kappa shape index (κ1) is 13.7.